The Bertz CT molecular complexity index is 176. The van der Waals surface area contributed by atoms with Crippen LogP contribution in [0.2, 0.25) is 0 Å². The van der Waals surface area contributed by atoms with Crippen molar-refractivity contribution in [3.05, 3.63) is 0 Å². The molecule has 2 atom stereocenters. The van der Waals surface area contributed by atoms with Crippen LogP contribution in [-0.2, 0) is 0 Å². The van der Waals surface area contributed by atoms with E-state index in [9.17, 15) is 0 Å². The van der Waals surface area contributed by atoms with Gasteiger partial charge >= 0.3 is 0 Å². The molecule has 0 heterocycles. The van der Waals surface area contributed by atoms with Crippen molar-refractivity contribution in [3.8, 4) is 6.07 Å². The molecule has 0 spiro atoms. The van der Waals surface area contributed by atoms with Crippen molar-refractivity contribution in [1.29, 1.82) is 5.26 Å². The van der Waals surface area contributed by atoms with Crippen LogP contribution >= 0.6 is 0 Å². The van der Waals surface area contributed by atoms with Gasteiger partial charge in [0.2, 0.25) is 0 Å². The summed E-state index contributed by atoms with van der Waals surface area (Å²) in [6, 6.07) is 2.28. The molecule has 2 unspecified atom stereocenters. The Balaban J connectivity index is 1.93. The molecule has 66 valence electrons. The average Bonchev–Trinajstić information content (AvgIpc) is 2.36. The number of rotatable bonds is 2. The van der Waals surface area contributed by atoms with Crippen molar-refractivity contribution in [2.45, 2.75) is 44.9 Å². The monoisotopic (exact) mass is 163 g/mol. The molecular formula is C11H17N. The zero-order valence-corrected chi connectivity index (χ0v) is 7.63. The first-order valence-electron chi connectivity index (χ1n) is 5.29. The largest absolute Gasteiger partial charge is 0.198 e. The lowest BCUT2D eigenvalue weighted by Crippen LogP contribution is -2.19. The highest BCUT2D eigenvalue weighted by Crippen LogP contribution is 2.48. The normalized spacial score (nSPS) is 39.4. The smallest absolute Gasteiger partial charge is 0.0621 e. The molecule has 2 fully saturated rings. The third-order valence-electron chi connectivity index (χ3n) is 3.86. The number of fused-ring (bicyclic) bond motifs is 2. The lowest BCUT2D eigenvalue weighted by molar-refractivity contribution is 0.217. The fourth-order valence-electron chi connectivity index (χ4n) is 3.30. The molecule has 0 aromatic heterocycles. The third kappa shape index (κ3) is 1.35. The van der Waals surface area contributed by atoms with Crippen molar-refractivity contribution in [1.82, 2.24) is 0 Å². The minimum Gasteiger partial charge on any atom is -0.198 e. The Morgan fingerprint density at radius 2 is 1.75 bits per heavy atom. The maximum absolute atomic E-state index is 8.54. The topological polar surface area (TPSA) is 23.8 Å². The Kier molecular flexibility index (Phi) is 2.35. The predicted molar refractivity (Wildman–Crippen MR) is 48.4 cm³/mol. The Labute approximate surface area is 74.8 Å². The Morgan fingerprint density at radius 1 is 1.08 bits per heavy atom. The van der Waals surface area contributed by atoms with Crippen molar-refractivity contribution < 1.29 is 0 Å². The first-order chi connectivity index (χ1) is 5.92. The van der Waals surface area contributed by atoms with Gasteiger partial charge in [-0.3, -0.25) is 0 Å². The van der Waals surface area contributed by atoms with Gasteiger partial charge < -0.3 is 0 Å². The van der Waals surface area contributed by atoms with Crippen LogP contribution in [0.25, 0.3) is 0 Å². The zero-order chi connectivity index (χ0) is 8.39. The summed E-state index contributed by atoms with van der Waals surface area (Å²) in [6.07, 6.45) is 9.25. The van der Waals surface area contributed by atoms with Crippen molar-refractivity contribution >= 4 is 0 Å². The van der Waals surface area contributed by atoms with Crippen LogP contribution in [0, 0.1) is 29.1 Å². The summed E-state index contributed by atoms with van der Waals surface area (Å²) in [6.45, 7) is 0. The molecule has 2 aliphatic rings. The van der Waals surface area contributed by atoms with Gasteiger partial charge in [-0.25, -0.2) is 0 Å². The number of hydrogen-bond acceptors (Lipinski definition) is 1. The summed E-state index contributed by atoms with van der Waals surface area (Å²) in [5.74, 6) is 2.92. The van der Waals surface area contributed by atoms with Gasteiger partial charge in [-0.05, 0) is 37.0 Å². The lowest BCUT2D eigenvalue weighted by atomic mass is 9.76. The highest BCUT2D eigenvalue weighted by atomic mass is 14.4. The molecule has 0 aliphatic heterocycles. The minimum absolute atomic E-state index is 0.789. The molecule has 2 bridgehead atoms. The molecule has 2 aliphatic carbocycles. The molecule has 0 radical (unpaired) electrons. The van der Waals surface area contributed by atoms with E-state index in [2.05, 4.69) is 6.07 Å². The zero-order valence-electron chi connectivity index (χ0n) is 7.63. The third-order valence-corrected chi connectivity index (χ3v) is 3.86. The fraction of sp³-hybridized carbons (Fsp3) is 0.909. The van der Waals surface area contributed by atoms with E-state index in [-0.39, 0.29) is 0 Å². The molecule has 0 saturated heterocycles. The number of hydrogen-bond donors (Lipinski definition) is 0. The molecule has 0 amide bonds. The highest BCUT2D eigenvalue weighted by Gasteiger charge is 2.37. The second-order valence-corrected chi connectivity index (χ2v) is 4.39. The van der Waals surface area contributed by atoms with E-state index >= 15 is 0 Å². The Morgan fingerprint density at radius 3 is 2.33 bits per heavy atom. The van der Waals surface area contributed by atoms with E-state index in [0.717, 1.165) is 24.2 Å². The molecule has 0 aromatic carbocycles. The maximum Gasteiger partial charge on any atom is 0.0621 e. The molecule has 1 nitrogen and oxygen atoms in total. The number of nitriles is 1. The summed E-state index contributed by atoms with van der Waals surface area (Å²) in [5, 5.41) is 8.54. The molecular weight excluding hydrogens is 146 g/mol. The van der Waals surface area contributed by atoms with Crippen LogP contribution in [0.4, 0.5) is 0 Å². The van der Waals surface area contributed by atoms with Crippen LogP contribution in [-0.4, -0.2) is 0 Å². The van der Waals surface area contributed by atoms with Gasteiger partial charge in [-0.1, -0.05) is 19.3 Å². The summed E-state index contributed by atoms with van der Waals surface area (Å²) in [5.41, 5.74) is 0. The summed E-state index contributed by atoms with van der Waals surface area (Å²) < 4.78 is 0. The van der Waals surface area contributed by atoms with E-state index in [1.165, 1.54) is 38.5 Å². The van der Waals surface area contributed by atoms with Crippen LogP contribution in [0.1, 0.15) is 44.9 Å². The quantitative estimate of drug-likeness (QED) is 0.613. The molecule has 0 N–H and O–H groups in total. The predicted octanol–water partition coefficient (Wildman–Crippen LogP) is 3.12. The van der Waals surface area contributed by atoms with Gasteiger partial charge in [0.25, 0.3) is 0 Å². The molecule has 2 saturated carbocycles. The van der Waals surface area contributed by atoms with E-state index < -0.39 is 0 Å². The molecule has 0 aromatic rings. The Hall–Kier alpha value is -0.510. The van der Waals surface area contributed by atoms with Gasteiger partial charge in [0.05, 0.1) is 6.07 Å². The van der Waals surface area contributed by atoms with Gasteiger partial charge in [-0.15, -0.1) is 0 Å². The van der Waals surface area contributed by atoms with E-state index in [1.807, 2.05) is 0 Å². The highest BCUT2D eigenvalue weighted by molar-refractivity contribution is 4.90. The van der Waals surface area contributed by atoms with Crippen LogP contribution in [0.15, 0.2) is 0 Å². The van der Waals surface area contributed by atoms with Gasteiger partial charge in [0, 0.05) is 6.42 Å². The van der Waals surface area contributed by atoms with Gasteiger partial charge in [0.15, 0.2) is 0 Å². The van der Waals surface area contributed by atoms with E-state index in [4.69, 9.17) is 5.26 Å². The average molecular weight is 163 g/mol. The molecule has 1 heteroatoms. The summed E-state index contributed by atoms with van der Waals surface area (Å²) >= 11 is 0. The van der Waals surface area contributed by atoms with Crippen molar-refractivity contribution in [2.24, 2.45) is 17.8 Å². The van der Waals surface area contributed by atoms with E-state index in [1.54, 1.807) is 0 Å². The minimum atomic E-state index is 0.789. The summed E-state index contributed by atoms with van der Waals surface area (Å²) in [7, 11) is 0. The summed E-state index contributed by atoms with van der Waals surface area (Å²) in [4.78, 5) is 0. The molecule has 12 heavy (non-hydrogen) atoms. The SMILES string of the molecule is N#CCCC1C2CCCC1CC2. The van der Waals surface area contributed by atoms with Crippen molar-refractivity contribution in [3.63, 3.8) is 0 Å². The molecule has 2 rings (SSSR count). The van der Waals surface area contributed by atoms with Crippen LogP contribution in [0.5, 0.6) is 0 Å². The van der Waals surface area contributed by atoms with Crippen molar-refractivity contribution in [2.75, 3.05) is 0 Å². The standard InChI is InChI=1S/C11H17N/c12-8-2-5-11-9-3-1-4-10(11)7-6-9/h9-11H,1-7H2. The van der Waals surface area contributed by atoms with Crippen LogP contribution < -0.4 is 0 Å². The first kappa shape index (κ1) is 8.10. The van der Waals surface area contributed by atoms with E-state index in [0.29, 0.717) is 0 Å². The first-order valence-corrected chi connectivity index (χ1v) is 5.29. The number of nitrogens with zero attached hydrogens (tertiary/aromatic N) is 1. The maximum atomic E-state index is 8.54. The fourth-order valence-corrected chi connectivity index (χ4v) is 3.30. The lowest BCUT2D eigenvalue weighted by Gasteiger charge is -2.29. The van der Waals surface area contributed by atoms with Crippen LogP contribution in [0.3, 0.4) is 0 Å². The van der Waals surface area contributed by atoms with Gasteiger partial charge in [0.1, 0.15) is 0 Å². The van der Waals surface area contributed by atoms with Gasteiger partial charge in [-0.2, -0.15) is 5.26 Å². The second kappa shape index (κ2) is 3.47. The second-order valence-electron chi connectivity index (χ2n) is 4.39.